The number of amides is 6. The predicted octanol–water partition coefficient (Wildman–Crippen LogP) is 2.95. The maximum Gasteiger partial charge on any atom is 0.253 e. The number of hydrogen-bond acceptors (Lipinski definition) is 10. The van der Waals surface area contributed by atoms with E-state index in [1.54, 1.807) is 14.1 Å². The van der Waals surface area contributed by atoms with Gasteiger partial charge in [-0.05, 0) is 37.7 Å². The van der Waals surface area contributed by atoms with Gasteiger partial charge in [0.05, 0.1) is 0 Å². The van der Waals surface area contributed by atoms with Gasteiger partial charge in [-0.3, -0.25) is 38.6 Å². The second kappa shape index (κ2) is 35.9. The zero-order valence-corrected chi connectivity index (χ0v) is 26.2. The van der Waals surface area contributed by atoms with Crippen LogP contribution in [0.1, 0.15) is 62.8 Å². The van der Waals surface area contributed by atoms with Crippen molar-refractivity contribution in [2.75, 3.05) is 53.4 Å². The maximum absolute atomic E-state index is 11.3. The van der Waals surface area contributed by atoms with Crippen LogP contribution in [-0.2, 0) is 52.4 Å². The molecule has 43 heavy (non-hydrogen) atoms. The van der Waals surface area contributed by atoms with E-state index in [0.29, 0.717) is 26.2 Å². The van der Waals surface area contributed by atoms with Crippen molar-refractivity contribution in [2.45, 2.75) is 62.8 Å². The molecule has 0 aromatic heterocycles. The standard InChI is InChI=1S/2C10H15N3O3.C3H8.4CH4.P2S2/c2*1-11-5-6-12-8(14)4-7-13-9(15)2-3-10(13)16;1-3-2;;;;;3-1-2-4/h2*2-3,11H,4-7H2,1H3,(H,12,14);3H2,1-2H3;4*1H4;. The van der Waals surface area contributed by atoms with Crippen LogP contribution < -0.4 is 21.3 Å². The number of nitrogens with one attached hydrogen (secondary N) is 4. The number of carbonyl (C=O) groups is 6. The third-order valence-electron chi connectivity index (χ3n) is 4.35. The Bertz CT molecular complexity index is 801. The van der Waals surface area contributed by atoms with Gasteiger partial charge in [0, 0.05) is 90.5 Å². The van der Waals surface area contributed by atoms with Gasteiger partial charge in [0.1, 0.15) is 0 Å². The van der Waals surface area contributed by atoms with Crippen LogP contribution >= 0.6 is 14.1 Å². The van der Waals surface area contributed by atoms with Crippen molar-refractivity contribution in [1.82, 2.24) is 31.1 Å². The summed E-state index contributed by atoms with van der Waals surface area (Å²) in [7, 11) is 5.32. The first kappa shape index (κ1) is 53.2. The first-order valence-corrected chi connectivity index (χ1v) is 16.7. The molecule has 0 radical (unpaired) electrons. The zero-order chi connectivity index (χ0) is 30.1. The summed E-state index contributed by atoms with van der Waals surface area (Å²) in [6, 6.07) is 0. The van der Waals surface area contributed by atoms with Gasteiger partial charge in [-0.2, -0.15) is 0 Å². The van der Waals surface area contributed by atoms with Gasteiger partial charge in [0.25, 0.3) is 23.6 Å². The molecule has 0 saturated heterocycles. The van der Waals surface area contributed by atoms with Crippen molar-refractivity contribution in [3.63, 3.8) is 0 Å². The van der Waals surface area contributed by atoms with Crippen molar-refractivity contribution < 1.29 is 28.8 Å². The normalized spacial score (nSPS) is 12.2. The first-order valence-electron chi connectivity index (χ1n) is 12.2. The van der Waals surface area contributed by atoms with Crippen LogP contribution in [0.4, 0.5) is 0 Å². The number of likely N-dealkylation sites (N-methyl/N-ethyl adjacent to an activating group) is 2. The number of rotatable bonds is 13. The van der Waals surface area contributed by atoms with Crippen LogP contribution in [0.3, 0.4) is 0 Å². The molecule has 0 fully saturated rings. The minimum absolute atomic E-state index is 0. The lowest BCUT2D eigenvalue weighted by Crippen LogP contribution is -2.36. The molecule has 0 aromatic carbocycles. The molecule has 2 aliphatic heterocycles. The van der Waals surface area contributed by atoms with Crippen LogP contribution in [0, 0.1) is 0 Å². The number of imide groups is 2. The van der Waals surface area contributed by atoms with E-state index < -0.39 is 0 Å². The Labute approximate surface area is 272 Å². The highest BCUT2D eigenvalue weighted by molar-refractivity contribution is 8.40. The Morgan fingerprint density at radius 1 is 0.628 bits per heavy atom. The lowest BCUT2D eigenvalue weighted by atomic mass is 10.3. The molecular formula is C27H54N6O6P2S2. The molecule has 2 heterocycles. The smallest absolute Gasteiger partial charge is 0.253 e. The van der Waals surface area contributed by atoms with Crippen molar-refractivity contribution in [3.05, 3.63) is 24.3 Å². The molecule has 0 unspecified atom stereocenters. The van der Waals surface area contributed by atoms with Crippen LogP contribution in [0.2, 0.25) is 0 Å². The molecule has 0 atom stereocenters. The molecule has 4 N–H and O–H groups in total. The van der Waals surface area contributed by atoms with Gasteiger partial charge >= 0.3 is 0 Å². The lowest BCUT2D eigenvalue weighted by Gasteiger charge is -2.13. The zero-order valence-electron chi connectivity index (χ0n) is 22.7. The van der Waals surface area contributed by atoms with Gasteiger partial charge in [-0.25, -0.2) is 0 Å². The molecule has 0 spiro atoms. The monoisotopic (exact) mass is 684 g/mol. The third kappa shape index (κ3) is 28.2. The van der Waals surface area contributed by atoms with Crippen LogP contribution in [0.15, 0.2) is 24.3 Å². The largest absolute Gasteiger partial charge is 0.355 e. The van der Waals surface area contributed by atoms with E-state index in [2.05, 4.69) is 58.7 Å². The molecule has 0 bridgehead atoms. The average molecular weight is 685 g/mol. The summed E-state index contributed by atoms with van der Waals surface area (Å²) in [6.45, 7) is 6.97. The molecule has 0 aromatic rings. The summed E-state index contributed by atoms with van der Waals surface area (Å²) in [5, 5.41) is 11.1. The third-order valence-corrected chi connectivity index (χ3v) is 7.02. The van der Waals surface area contributed by atoms with Gasteiger partial charge in [-0.15, -0.1) is 0 Å². The van der Waals surface area contributed by atoms with Crippen LogP contribution in [0.25, 0.3) is 0 Å². The number of hydrogen-bond donors (Lipinski definition) is 4. The molecule has 16 heteroatoms. The highest BCUT2D eigenvalue weighted by atomic mass is 32.7. The minimum Gasteiger partial charge on any atom is -0.355 e. The quantitative estimate of drug-likeness (QED) is 0.129. The first-order chi connectivity index (χ1) is 18.6. The molecule has 2 aliphatic rings. The molecule has 0 aliphatic carbocycles. The van der Waals surface area contributed by atoms with Gasteiger partial charge in [0.15, 0.2) is 0 Å². The summed E-state index contributed by atoms with van der Waals surface area (Å²) < 4.78 is 0. The predicted molar refractivity (Wildman–Crippen MR) is 186 cm³/mol. The minimum atomic E-state index is -0.354. The van der Waals surface area contributed by atoms with Gasteiger partial charge in [0.2, 0.25) is 11.8 Å². The van der Waals surface area contributed by atoms with Crippen molar-refractivity contribution in [2.24, 2.45) is 0 Å². The summed E-state index contributed by atoms with van der Waals surface area (Å²) in [5.41, 5.74) is 0. The van der Waals surface area contributed by atoms with Crippen molar-refractivity contribution >= 4 is 73.1 Å². The van der Waals surface area contributed by atoms with E-state index in [1.807, 2.05) is 0 Å². The molecule has 250 valence electrons. The fourth-order valence-electron chi connectivity index (χ4n) is 2.56. The Kier molecular flexibility index (Phi) is 44.4. The highest BCUT2D eigenvalue weighted by Crippen LogP contribution is 2.10. The van der Waals surface area contributed by atoms with Gasteiger partial charge in [-0.1, -0.05) is 50.0 Å². The molecule has 6 amide bonds. The molecule has 0 saturated carbocycles. The lowest BCUT2D eigenvalue weighted by molar-refractivity contribution is -0.139. The second-order valence-electron chi connectivity index (χ2n) is 7.60. The summed E-state index contributed by atoms with van der Waals surface area (Å²) in [4.78, 5) is 69.2. The van der Waals surface area contributed by atoms with Crippen molar-refractivity contribution in [1.29, 1.82) is 0 Å². The van der Waals surface area contributed by atoms with E-state index in [4.69, 9.17) is 0 Å². The molecular weight excluding hydrogens is 630 g/mol. The van der Waals surface area contributed by atoms with Crippen LogP contribution in [0.5, 0.6) is 0 Å². The Morgan fingerprint density at radius 2 is 0.884 bits per heavy atom. The SMILES string of the molecule is C.C.C.C.CCC.CNCCNC(=O)CCN1C(=O)C=CC1=O.CNCCNC(=O)CCN1C(=O)C=CC1=O.S=PP=S. The topological polar surface area (TPSA) is 157 Å². The van der Waals surface area contributed by atoms with E-state index >= 15 is 0 Å². The van der Waals surface area contributed by atoms with E-state index in [9.17, 15) is 28.8 Å². The number of nitrogens with zero attached hydrogens (tertiary/aromatic N) is 2. The Hall–Kier alpha value is -2.34. The van der Waals surface area contributed by atoms with E-state index in [-0.39, 0.29) is 91.1 Å². The second-order valence-corrected chi connectivity index (χ2v) is 11.8. The Morgan fingerprint density at radius 3 is 1.09 bits per heavy atom. The Balaban J connectivity index is -0.000000121. The summed E-state index contributed by atoms with van der Waals surface area (Å²) in [5.74, 6) is -1.74. The van der Waals surface area contributed by atoms with Gasteiger partial charge < -0.3 is 21.3 Å². The fraction of sp³-hybridized carbons (Fsp3) is 0.630. The van der Waals surface area contributed by atoms with E-state index in [1.165, 1.54) is 30.7 Å². The van der Waals surface area contributed by atoms with E-state index in [0.717, 1.165) is 23.9 Å². The summed E-state index contributed by atoms with van der Waals surface area (Å²) in [6.07, 6.45) is 6.37. The fourth-order valence-corrected chi connectivity index (χ4v) is 2.56. The highest BCUT2D eigenvalue weighted by Gasteiger charge is 2.24. The average Bonchev–Trinajstić information content (AvgIpc) is 3.41. The maximum atomic E-state index is 11.3. The molecule has 2 rings (SSSR count). The molecule has 12 nitrogen and oxygen atoms in total. The van der Waals surface area contributed by atoms with Crippen LogP contribution in [-0.4, -0.2) is 98.6 Å². The van der Waals surface area contributed by atoms with Crippen molar-refractivity contribution in [3.8, 4) is 0 Å². The number of carbonyl (C=O) groups excluding carboxylic acids is 6. The summed E-state index contributed by atoms with van der Waals surface area (Å²) >= 11 is 8.82.